The number of halogens is 1. The third kappa shape index (κ3) is 7.20. The SMILES string of the molecule is CCN(C(=O)OCc1ccccc1)C1CCN(C[C@@H]2C[C@@]2(CN(C)S(=O)c2ccccc2)c2cccc(Cl)c2)CC1. The third-order valence-electron chi connectivity index (χ3n) is 8.62. The molecule has 1 saturated carbocycles. The Bertz CT molecular complexity index is 1320. The molecular formula is C33H40ClN3O3S. The zero-order valence-corrected chi connectivity index (χ0v) is 25.5. The van der Waals surface area contributed by atoms with E-state index in [4.69, 9.17) is 16.3 Å². The van der Waals surface area contributed by atoms with Gasteiger partial charge in [0.05, 0.1) is 4.90 Å². The molecule has 3 aromatic carbocycles. The number of carbonyl (C=O) groups is 1. The molecule has 0 radical (unpaired) electrons. The van der Waals surface area contributed by atoms with Crippen molar-refractivity contribution in [3.8, 4) is 0 Å². The van der Waals surface area contributed by atoms with Gasteiger partial charge in [0.2, 0.25) is 0 Å². The monoisotopic (exact) mass is 593 g/mol. The van der Waals surface area contributed by atoms with Crippen LogP contribution in [-0.2, 0) is 27.7 Å². The summed E-state index contributed by atoms with van der Waals surface area (Å²) < 4.78 is 20.9. The Morgan fingerprint density at radius 2 is 1.71 bits per heavy atom. The van der Waals surface area contributed by atoms with Gasteiger partial charge in [-0.15, -0.1) is 0 Å². The highest BCUT2D eigenvalue weighted by molar-refractivity contribution is 7.82. The maximum atomic E-state index is 13.3. The predicted molar refractivity (Wildman–Crippen MR) is 165 cm³/mol. The van der Waals surface area contributed by atoms with Crippen molar-refractivity contribution in [1.82, 2.24) is 14.1 Å². The molecule has 218 valence electrons. The first-order chi connectivity index (χ1) is 19.9. The molecule has 1 unspecified atom stereocenters. The number of hydrogen-bond donors (Lipinski definition) is 0. The Kier molecular flexibility index (Phi) is 9.81. The number of piperidine rings is 1. The van der Waals surface area contributed by atoms with E-state index in [1.54, 1.807) is 0 Å². The van der Waals surface area contributed by atoms with Crippen LogP contribution in [0.2, 0.25) is 5.02 Å². The molecule has 5 rings (SSSR count). The van der Waals surface area contributed by atoms with Crippen LogP contribution < -0.4 is 0 Å². The maximum Gasteiger partial charge on any atom is 0.410 e. The molecule has 1 saturated heterocycles. The molecule has 6 nitrogen and oxygen atoms in total. The third-order valence-corrected chi connectivity index (χ3v) is 10.2. The predicted octanol–water partition coefficient (Wildman–Crippen LogP) is 6.38. The van der Waals surface area contributed by atoms with Crippen molar-refractivity contribution in [2.24, 2.45) is 5.92 Å². The highest BCUT2D eigenvalue weighted by atomic mass is 35.5. The number of hydrogen-bond acceptors (Lipinski definition) is 4. The number of nitrogens with zero attached hydrogens (tertiary/aromatic N) is 3. The number of carbonyl (C=O) groups excluding carboxylic acids is 1. The summed E-state index contributed by atoms with van der Waals surface area (Å²) >= 11 is 6.43. The van der Waals surface area contributed by atoms with Crippen molar-refractivity contribution < 1.29 is 13.7 Å². The van der Waals surface area contributed by atoms with E-state index in [-0.39, 0.29) is 17.6 Å². The van der Waals surface area contributed by atoms with E-state index in [0.717, 1.165) is 54.4 Å². The van der Waals surface area contributed by atoms with Crippen molar-refractivity contribution in [2.45, 2.75) is 49.1 Å². The van der Waals surface area contributed by atoms with E-state index in [2.05, 4.69) is 17.0 Å². The number of benzene rings is 3. The highest BCUT2D eigenvalue weighted by Gasteiger charge is 2.56. The minimum Gasteiger partial charge on any atom is -0.445 e. The second-order valence-electron chi connectivity index (χ2n) is 11.3. The molecule has 0 N–H and O–H groups in total. The van der Waals surface area contributed by atoms with Crippen LogP contribution in [0.15, 0.2) is 89.8 Å². The molecule has 1 amide bonds. The van der Waals surface area contributed by atoms with Crippen LogP contribution >= 0.6 is 11.6 Å². The van der Waals surface area contributed by atoms with Gasteiger partial charge in [0.1, 0.15) is 17.6 Å². The summed E-state index contributed by atoms with van der Waals surface area (Å²) in [5.74, 6) is 0.450. The molecule has 8 heteroatoms. The molecular weight excluding hydrogens is 554 g/mol. The molecule has 2 aliphatic rings. The lowest BCUT2D eigenvalue weighted by Gasteiger charge is -2.38. The summed E-state index contributed by atoms with van der Waals surface area (Å²) in [6.45, 7) is 6.54. The molecule has 41 heavy (non-hydrogen) atoms. The van der Waals surface area contributed by atoms with Gasteiger partial charge in [0, 0.05) is 56.3 Å². The number of rotatable bonds is 11. The fraction of sp³-hybridized carbons (Fsp3) is 0.424. The summed E-state index contributed by atoms with van der Waals surface area (Å²) in [6, 6.07) is 27.8. The molecule has 0 spiro atoms. The van der Waals surface area contributed by atoms with Gasteiger partial charge in [0.25, 0.3) is 0 Å². The topological polar surface area (TPSA) is 53.1 Å². The van der Waals surface area contributed by atoms with Crippen molar-refractivity contribution in [2.75, 3.05) is 39.8 Å². The molecule has 0 aromatic heterocycles. The molecule has 0 bridgehead atoms. The lowest BCUT2D eigenvalue weighted by Crippen LogP contribution is -2.48. The fourth-order valence-corrected chi connectivity index (χ4v) is 7.58. The second kappa shape index (κ2) is 13.5. The minimum absolute atomic E-state index is 0.0857. The molecule has 1 aliphatic carbocycles. The van der Waals surface area contributed by atoms with Gasteiger partial charge in [-0.3, -0.25) is 0 Å². The van der Waals surface area contributed by atoms with E-state index in [1.165, 1.54) is 5.56 Å². The van der Waals surface area contributed by atoms with Crippen molar-refractivity contribution in [3.63, 3.8) is 0 Å². The molecule has 3 atom stereocenters. The number of ether oxygens (including phenoxy) is 1. The quantitative estimate of drug-likeness (QED) is 0.259. The van der Waals surface area contributed by atoms with E-state index < -0.39 is 11.0 Å². The zero-order chi connectivity index (χ0) is 28.8. The maximum absolute atomic E-state index is 13.3. The Balaban J connectivity index is 1.19. The van der Waals surface area contributed by atoms with E-state index in [1.807, 2.05) is 96.0 Å². The van der Waals surface area contributed by atoms with E-state index in [9.17, 15) is 9.00 Å². The summed E-state index contributed by atoms with van der Waals surface area (Å²) in [7, 11) is 0.723. The van der Waals surface area contributed by atoms with Crippen LogP contribution in [-0.4, -0.2) is 70.2 Å². The van der Waals surface area contributed by atoms with Crippen LogP contribution in [0.4, 0.5) is 4.79 Å². The number of likely N-dealkylation sites (tertiary alicyclic amines) is 1. The van der Waals surface area contributed by atoms with E-state index >= 15 is 0 Å². The van der Waals surface area contributed by atoms with Gasteiger partial charge < -0.3 is 14.5 Å². The largest absolute Gasteiger partial charge is 0.445 e. The first kappa shape index (κ1) is 29.8. The van der Waals surface area contributed by atoms with Gasteiger partial charge in [-0.05, 0) is 67.5 Å². The van der Waals surface area contributed by atoms with Gasteiger partial charge in [-0.2, -0.15) is 0 Å². The normalized spacial score (nSPS) is 21.9. The van der Waals surface area contributed by atoms with Crippen molar-refractivity contribution >= 4 is 28.7 Å². The second-order valence-corrected chi connectivity index (χ2v) is 13.3. The lowest BCUT2D eigenvalue weighted by atomic mass is 9.92. The van der Waals surface area contributed by atoms with E-state index in [0.29, 0.717) is 25.6 Å². The molecule has 1 aliphatic heterocycles. The first-order valence-electron chi connectivity index (χ1n) is 14.5. The fourth-order valence-electron chi connectivity index (χ4n) is 6.29. The first-order valence-corrected chi connectivity index (χ1v) is 16.0. The lowest BCUT2D eigenvalue weighted by molar-refractivity contribution is 0.0620. The van der Waals surface area contributed by atoms with Crippen LogP contribution in [0.3, 0.4) is 0 Å². The van der Waals surface area contributed by atoms with Gasteiger partial charge in [0.15, 0.2) is 0 Å². The average molecular weight is 594 g/mol. The standard InChI is InChI=1S/C33H40ClN3O3S/c1-3-37(32(38)40-24-26-11-6-4-7-12-26)30-17-19-36(20-18-30)23-28-22-33(28,27-13-10-14-29(34)21-27)25-35(2)41(39)31-15-8-5-9-16-31/h4-16,21,28,30H,3,17-20,22-25H2,1-2H3/t28-,33+,41?/m0/s1. The number of likely N-dealkylation sites (N-methyl/N-ethyl adjacent to an activating group) is 1. The Morgan fingerprint density at radius 3 is 2.37 bits per heavy atom. The van der Waals surface area contributed by atoms with Crippen LogP contribution in [0.25, 0.3) is 0 Å². The molecule has 2 fully saturated rings. The average Bonchev–Trinajstić information content (AvgIpc) is 3.70. The summed E-state index contributed by atoms with van der Waals surface area (Å²) in [5.41, 5.74) is 2.13. The zero-order valence-electron chi connectivity index (χ0n) is 24.0. The Morgan fingerprint density at radius 1 is 1.02 bits per heavy atom. The summed E-state index contributed by atoms with van der Waals surface area (Å²) in [5, 5.41) is 0.735. The van der Waals surface area contributed by atoms with Gasteiger partial charge >= 0.3 is 6.09 Å². The molecule has 3 aromatic rings. The van der Waals surface area contributed by atoms with Crippen molar-refractivity contribution in [3.05, 3.63) is 101 Å². The minimum atomic E-state index is -1.23. The van der Waals surface area contributed by atoms with Crippen molar-refractivity contribution in [1.29, 1.82) is 0 Å². The van der Waals surface area contributed by atoms with Crippen LogP contribution in [0.5, 0.6) is 0 Å². The van der Waals surface area contributed by atoms with Crippen LogP contribution in [0, 0.1) is 5.92 Å². The summed E-state index contributed by atoms with van der Waals surface area (Å²) in [4.78, 5) is 18.1. The van der Waals surface area contributed by atoms with Crippen LogP contribution in [0.1, 0.15) is 37.3 Å². The van der Waals surface area contributed by atoms with Gasteiger partial charge in [-0.25, -0.2) is 13.3 Å². The highest BCUT2D eigenvalue weighted by Crippen LogP contribution is 2.55. The summed E-state index contributed by atoms with van der Waals surface area (Å²) in [6.07, 6.45) is 2.68. The molecule has 1 heterocycles. The Hall–Kier alpha value is -2.71. The number of amides is 1. The Labute approximate surface area is 251 Å². The van der Waals surface area contributed by atoms with Gasteiger partial charge in [-0.1, -0.05) is 72.3 Å². The smallest absolute Gasteiger partial charge is 0.410 e.